The fourth-order valence-corrected chi connectivity index (χ4v) is 8.75. The predicted octanol–water partition coefficient (Wildman–Crippen LogP) is 16.9. The van der Waals surface area contributed by atoms with E-state index in [1.165, 1.54) is 231 Å². The molecule has 0 aliphatic rings. The summed E-state index contributed by atoms with van der Waals surface area (Å²) < 4.78 is 5.47. The van der Waals surface area contributed by atoms with Gasteiger partial charge in [0.1, 0.15) is 0 Å². The van der Waals surface area contributed by atoms with Crippen LogP contribution in [-0.4, -0.2) is 47.4 Å². The molecule has 62 heavy (non-hydrogen) atoms. The molecule has 1 amide bonds. The molecule has 6 heteroatoms. The highest BCUT2D eigenvalue weighted by atomic mass is 16.5. The lowest BCUT2D eigenvalue weighted by molar-refractivity contribution is -0.143. The van der Waals surface area contributed by atoms with Gasteiger partial charge in [0.15, 0.2) is 0 Å². The molecule has 0 aromatic heterocycles. The van der Waals surface area contributed by atoms with Crippen LogP contribution in [0.2, 0.25) is 0 Å². The fourth-order valence-electron chi connectivity index (χ4n) is 8.75. The van der Waals surface area contributed by atoms with E-state index < -0.39 is 12.1 Å². The van der Waals surface area contributed by atoms with Crippen LogP contribution in [0.3, 0.4) is 0 Å². The first-order valence-corrected chi connectivity index (χ1v) is 27.9. The molecule has 0 heterocycles. The summed E-state index contributed by atoms with van der Waals surface area (Å²) in [6.45, 7) is 4.94. The lowest BCUT2D eigenvalue weighted by atomic mass is 10.0. The van der Waals surface area contributed by atoms with Crippen molar-refractivity contribution in [2.45, 2.75) is 321 Å². The number of aliphatic hydroxyl groups excluding tert-OH is 2. The van der Waals surface area contributed by atoms with Gasteiger partial charge >= 0.3 is 5.97 Å². The van der Waals surface area contributed by atoms with Crippen LogP contribution in [0.1, 0.15) is 309 Å². The molecule has 0 spiro atoms. The Morgan fingerprint density at radius 3 is 1.15 bits per heavy atom. The molecule has 0 aromatic rings. The summed E-state index contributed by atoms with van der Waals surface area (Å²) >= 11 is 0. The first-order chi connectivity index (χ1) is 30.5. The molecule has 2 unspecified atom stereocenters. The first-order valence-electron chi connectivity index (χ1n) is 27.9. The van der Waals surface area contributed by atoms with Crippen molar-refractivity contribution in [2.24, 2.45) is 0 Å². The Balaban J connectivity index is 3.37. The highest BCUT2D eigenvalue weighted by molar-refractivity contribution is 5.76. The zero-order valence-electron chi connectivity index (χ0n) is 41.9. The van der Waals surface area contributed by atoms with Gasteiger partial charge in [-0.3, -0.25) is 9.59 Å². The number of esters is 1. The minimum absolute atomic E-state index is 0.00229. The maximum Gasteiger partial charge on any atom is 0.305 e. The number of nitrogens with one attached hydrogen (secondary N) is 1. The summed E-state index contributed by atoms with van der Waals surface area (Å²) in [6.07, 6.45) is 60.6. The molecule has 0 bridgehead atoms. The topological polar surface area (TPSA) is 95.9 Å². The van der Waals surface area contributed by atoms with Gasteiger partial charge in [0, 0.05) is 12.8 Å². The average Bonchev–Trinajstić information content (AvgIpc) is 3.27. The molecule has 0 aromatic carbocycles. The van der Waals surface area contributed by atoms with E-state index in [1.54, 1.807) is 0 Å². The number of rotatable bonds is 52. The van der Waals surface area contributed by atoms with Gasteiger partial charge in [-0.2, -0.15) is 0 Å². The van der Waals surface area contributed by atoms with Crippen molar-refractivity contribution in [3.8, 4) is 0 Å². The van der Waals surface area contributed by atoms with E-state index in [2.05, 4.69) is 31.3 Å². The van der Waals surface area contributed by atoms with Gasteiger partial charge in [0.2, 0.25) is 5.91 Å². The number of carbonyl (C=O) groups excluding carboxylic acids is 2. The first kappa shape index (κ1) is 60.6. The Morgan fingerprint density at radius 2 is 0.758 bits per heavy atom. The monoisotopic (exact) mass is 876 g/mol. The van der Waals surface area contributed by atoms with E-state index in [0.717, 1.165) is 44.9 Å². The number of allylic oxidation sites excluding steroid dienone is 2. The Kier molecular flexibility index (Phi) is 51.0. The van der Waals surface area contributed by atoms with Crippen LogP contribution in [0.15, 0.2) is 12.2 Å². The Labute approximate surface area is 387 Å². The number of hydrogen-bond acceptors (Lipinski definition) is 5. The Morgan fingerprint density at radius 1 is 0.435 bits per heavy atom. The molecule has 3 N–H and O–H groups in total. The largest absolute Gasteiger partial charge is 0.466 e. The number of aliphatic hydroxyl groups is 2. The van der Waals surface area contributed by atoms with Crippen molar-refractivity contribution < 1.29 is 24.5 Å². The number of amides is 1. The van der Waals surface area contributed by atoms with E-state index in [1.807, 2.05) is 0 Å². The molecular formula is C56H109NO5. The molecular weight excluding hydrogens is 767 g/mol. The summed E-state index contributed by atoms with van der Waals surface area (Å²) in [5.41, 5.74) is 0. The number of unbranched alkanes of at least 4 members (excludes halogenated alkanes) is 39. The lowest BCUT2D eigenvalue weighted by Gasteiger charge is -2.22. The highest BCUT2D eigenvalue weighted by Gasteiger charge is 2.20. The van der Waals surface area contributed by atoms with Crippen molar-refractivity contribution in [2.75, 3.05) is 13.2 Å². The summed E-state index contributed by atoms with van der Waals surface area (Å²) in [7, 11) is 0. The normalized spacial score (nSPS) is 12.6. The summed E-state index contributed by atoms with van der Waals surface area (Å²) in [6, 6.07) is -0.540. The van der Waals surface area contributed by atoms with Gasteiger partial charge in [-0.1, -0.05) is 257 Å². The van der Waals surface area contributed by atoms with Gasteiger partial charge in [-0.05, 0) is 51.4 Å². The van der Waals surface area contributed by atoms with E-state index >= 15 is 0 Å². The van der Waals surface area contributed by atoms with Gasteiger partial charge in [0.25, 0.3) is 0 Å². The summed E-state index contributed by atoms with van der Waals surface area (Å²) in [5, 5.41) is 23.2. The van der Waals surface area contributed by atoms with Crippen LogP contribution >= 0.6 is 0 Å². The number of hydrogen-bond donors (Lipinski definition) is 3. The molecule has 0 radical (unpaired) electrons. The standard InChI is InChI=1S/C56H109NO5/c1-3-5-7-9-11-13-15-16-26-30-34-38-42-46-50-56(61)62-51-47-43-39-35-31-27-24-22-20-18-17-19-21-23-25-29-33-37-41-45-49-55(60)57-53(52-58)54(59)48-44-40-36-32-28-14-12-10-8-6-4-2/h15-16,53-54,58-59H,3-14,17-52H2,1-2H3,(H,57,60)/b16-15-. The smallest absolute Gasteiger partial charge is 0.305 e. The fraction of sp³-hybridized carbons (Fsp3) is 0.929. The molecule has 368 valence electrons. The number of ether oxygens (including phenoxy) is 1. The molecule has 0 aliphatic carbocycles. The van der Waals surface area contributed by atoms with Gasteiger partial charge in [-0.25, -0.2) is 0 Å². The van der Waals surface area contributed by atoms with E-state index in [-0.39, 0.29) is 18.5 Å². The van der Waals surface area contributed by atoms with Crippen molar-refractivity contribution >= 4 is 11.9 Å². The van der Waals surface area contributed by atoms with Crippen LogP contribution in [0.5, 0.6) is 0 Å². The zero-order valence-corrected chi connectivity index (χ0v) is 41.9. The molecule has 0 rings (SSSR count). The Hall–Kier alpha value is -1.40. The van der Waals surface area contributed by atoms with E-state index in [0.29, 0.717) is 25.9 Å². The van der Waals surface area contributed by atoms with Crippen LogP contribution in [0.4, 0.5) is 0 Å². The SMILES string of the molecule is CCCCCCC/C=C\CCCCCCCC(=O)OCCCCCCCCCCCCCCCCCCCCCCC(=O)NC(CO)C(O)CCCCCCCCCCCCC. The van der Waals surface area contributed by atoms with E-state index in [4.69, 9.17) is 4.74 Å². The second-order valence-electron chi connectivity index (χ2n) is 19.3. The average molecular weight is 876 g/mol. The minimum Gasteiger partial charge on any atom is -0.466 e. The number of carbonyl (C=O) groups is 2. The lowest BCUT2D eigenvalue weighted by Crippen LogP contribution is -2.45. The summed E-state index contributed by atoms with van der Waals surface area (Å²) in [5.74, 6) is -0.0348. The van der Waals surface area contributed by atoms with Crippen LogP contribution in [0, 0.1) is 0 Å². The quantitative estimate of drug-likeness (QED) is 0.0321. The van der Waals surface area contributed by atoms with Gasteiger partial charge in [0.05, 0.1) is 25.4 Å². The molecule has 2 atom stereocenters. The van der Waals surface area contributed by atoms with E-state index in [9.17, 15) is 19.8 Å². The maximum absolute atomic E-state index is 12.4. The molecule has 0 aliphatic heterocycles. The van der Waals surface area contributed by atoms with Crippen molar-refractivity contribution in [1.29, 1.82) is 0 Å². The van der Waals surface area contributed by atoms with Crippen molar-refractivity contribution in [1.82, 2.24) is 5.32 Å². The third-order valence-electron chi connectivity index (χ3n) is 13.1. The minimum atomic E-state index is -0.663. The van der Waals surface area contributed by atoms with Crippen LogP contribution in [-0.2, 0) is 14.3 Å². The third kappa shape index (κ3) is 48.1. The maximum atomic E-state index is 12.4. The van der Waals surface area contributed by atoms with Crippen molar-refractivity contribution in [3.05, 3.63) is 12.2 Å². The van der Waals surface area contributed by atoms with Gasteiger partial charge in [-0.15, -0.1) is 0 Å². The second kappa shape index (κ2) is 52.2. The van der Waals surface area contributed by atoms with Crippen LogP contribution in [0.25, 0.3) is 0 Å². The second-order valence-corrected chi connectivity index (χ2v) is 19.3. The highest BCUT2D eigenvalue weighted by Crippen LogP contribution is 2.17. The van der Waals surface area contributed by atoms with Crippen molar-refractivity contribution in [3.63, 3.8) is 0 Å². The zero-order chi connectivity index (χ0) is 45.1. The molecule has 0 saturated carbocycles. The van der Waals surface area contributed by atoms with Crippen LogP contribution < -0.4 is 5.32 Å². The molecule has 0 saturated heterocycles. The third-order valence-corrected chi connectivity index (χ3v) is 13.1. The summed E-state index contributed by atoms with van der Waals surface area (Å²) in [4.78, 5) is 24.5. The molecule has 0 fully saturated rings. The van der Waals surface area contributed by atoms with Gasteiger partial charge < -0.3 is 20.3 Å². The molecule has 6 nitrogen and oxygen atoms in total. The predicted molar refractivity (Wildman–Crippen MR) is 269 cm³/mol. The Bertz CT molecular complexity index is 924.